The van der Waals surface area contributed by atoms with Gasteiger partial charge < -0.3 is 9.47 Å². The fourth-order valence-electron chi connectivity index (χ4n) is 2.48. The number of hydrogen-bond acceptors (Lipinski definition) is 2. The Morgan fingerprint density at radius 1 is 0.905 bits per heavy atom. The number of aryl methyl sites for hydroxylation is 2. The third kappa shape index (κ3) is 3.43. The summed E-state index contributed by atoms with van der Waals surface area (Å²) in [5, 5.41) is 0. The van der Waals surface area contributed by atoms with Crippen LogP contribution in [0.4, 0.5) is 0 Å². The second-order valence-electron chi connectivity index (χ2n) is 4.94. The number of alkyl halides is 1. The third-order valence-electron chi connectivity index (χ3n) is 3.45. The minimum absolute atomic E-state index is 0.128. The van der Waals surface area contributed by atoms with Crippen molar-refractivity contribution in [1.82, 2.24) is 0 Å². The predicted molar refractivity (Wildman–Crippen MR) is 93.9 cm³/mol. The highest BCUT2D eigenvalue weighted by atomic mass is 79.9. The Morgan fingerprint density at radius 2 is 1.52 bits per heavy atom. The summed E-state index contributed by atoms with van der Waals surface area (Å²) in [7, 11) is 3.38. The van der Waals surface area contributed by atoms with E-state index in [1.54, 1.807) is 14.2 Å². The van der Waals surface area contributed by atoms with E-state index in [1.807, 2.05) is 6.07 Å². The summed E-state index contributed by atoms with van der Waals surface area (Å²) < 4.78 is 11.7. The summed E-state index contributed by atoms with van der Waals surface area (Å²) in [6, 6.07) is 10.4. The first-order valence-electron chi connectivity index (χ1n) is 6.60. The third-order valence-corrected chi connectivity index (χ3v) is 5.12. The largest absolute Gasteiger partial charge is 0.496 e. The van der Waals surface area contributed by atoms with E-state index in [4.69, 9.17) is 9.47 Å². The SMILES string of the molecule is COc1ccc(C(Br)c2cc(C)c(OC)c(C)c2)cc1Br. The molecular weight excluding hydrogens is 396 g/mol. The molecule has 21 heavy (non-hydrogen) atoms. The molecule has 1 unspecified atom stereocenters. The molecule has 2 aromatic carbocycles. The molecule has 2 aromatic rings. The Balaban J connectivity index is 2.40. The molecule has 0 bridgehead atoms. The molecule has 0 fully saturated rings. The lowest BCUT2D eigenvalue weighted by Crippen LogP contribution is -1.98. The Kier molecular flexibility index (Phi) is 5.33. The number of ether oxygens (including phenoxy) is 2. The lowest BCUT2D eigenvalue weighted by molar-refractivity contribution is 0.408. The van der Waals surface area contributed by atoms with Crippen molar-refractivity contribution in [2.24, 2.45) is 0 Å². The standard InChI is InChI=1S/C17H18Br2O2/c1-10-7-13(8-11(2)17(10)21-4)16(19)12-5-6-15(20-3)14(18)9-12/h5-9,16H,1-4H3. The average molecular weight is 414 g/mol. The Hall–Kier alpha value is -1.00. The van der Waals surface area contributed by atoms with Gasteiger partial charge in [-0.05, 0) is 64.2 Å². The highest BCUT2D eigenvalue weighted by Gasteiger charge is 2.15. The van der Waals surface area contributed by atoms with E-state index in [0.29, 0.717) is 0 Å². The fraction of sp³-hybridized carbons (Fsp3) is 0.294. The van der Waals surface area contributed by atoms with Crippen molar-refractivity contribution in [3.05, 3.63) is 57.1 Å². The minimum atomic E-state index is 0.128. The van der Waals surface area contributed by atoms with E-state index >= 15 is 0 Å². The van der Waals surface area contributed by atoms with Gasteiger partial charge in [0.1, 0.15) is 11.5 Å². The van der Waals surface area contributed by atoms with Crippen LogP contribution in [-0.2, 0) is 0 Å². The topological polar surface area (TPSA) is 18.5 Å². The van der Waals surface area contributed by atoms with Gasteiger partial charge in [0.15, 0.2) is 0 Å². The molecule has 0 aliphatic heterocycles. The van der Waals surface area contributed by atoms with Gasteiger partial charge in [0.2, 0.25) is 0 Å². The van der Waals surface area contributed by atoms with E-state index in [9.17, 15) is 0 Å². The van der Waals surface area contributed by atoms with Crippen LogP contribution in [0.25, 0.3) is 0 Å². The summed E-state index contributed by atoms with van der Waals surface area (Å²) in [4.78, 5) is 0.128. The number of benzene rings is 2. The van der Waals surface area contributed by atoms with Crippen LogP contribution in [0.5, 0.6) is 11.5 Å². The Morgan fingerprint density at radius 3 is 2.00 bits per heavy atom. The molecule has 0 aromatic heterocycles. The van der Waals surface area contributed by atoms with Crippen molar-refractivity contribution in [2.45, 2.75) is 18.7 Å². The van der Waals surface area contributed by atoms with E-state index in [-0.39, 0.29) is 4.83 Å². The lowest BCUT2D eigenvalue weighted by atomic mass is 9.99. The van der Waals surface area contributed by atoms with Crippen LogP contribution in [0.2, 0.25) is 0 Å². The van der Waals surface area contributed by atoms with Crippen molar-refractivity contribution >= 4 is 31.9 Å². The summed E-state index contributed by atoms with van der Waals surface area (Å²) >= 11 is 7.32. The van der Waals surface area contributed by atoms with Gasteiger partial charge in [0, 0.05) is 0 Å². The van der Waals surface area contributed by atoms with Crippen LogP contribution >= 0.6 is 31.9 Å². The van der Waals surface area contributed by atoms with Crippen LogP contribution in [0.15, 0.2) is 34.8 Å². The van der Waals surface area contributed by atoms with E-state index in [1.165, 1.54) is 11.1 Å². The van der Waals surface area contributed by atoms with Gasteiger partial charge in [-0.2, -0.15) is 0 Å². The Bertz CT molecular complexity index is 630. The van der Waals surface area contributed by atoms with Gasteiger partial charge in [0.25, 0.3) is 0 Å². The molecule has 0 saturated carbocycles. The molecule has 0 spiro atoms. The molecule has 2 rings (SSSR count). The molecule has 1 atom stereocenters. The molecule has 0 radical (unpaired) electrons. The normalized spacial score (nSPS) is 12.1. The van der Waals surface area contributed by atoms with Crippen molar-refractivity contribution in [3.8, 4) is 11.5 Å². The maximum absolute atomic E-state index is 5.43. The molecule has 0 N–H and O–H groups in total. The van der Waals surface area contributed by atoms with Gasteiger partial charge in [-0.25, -0.2) is 0 Å². The first-order chi connectivity index (χ1) is 9.97. The zero-order valence-corrected chi connectivity index (χ0v) is 15.7. The van der Waals surface area contributed by atoms with Crippen LogP contribution in [0, 0.1) is 13.8 Å². The first kappa shape index (κ1) is 16.4. The van der Waals surface area contributed by atoms with Gasteiger partial charge in [-0.1, -0.05) is 34.1 Å². The fourth-order valence-corrected chi connectivity index (χ4v) is 3.59. The number of methoxy groups -OCH3 is 2. The summed E-state index contributed by atoms with van der Waals surface area (Å²) in [5.41, 5.74) is 4.67. The van der Waals surface area contributed by atoms with Crippen molar-refractivity contribution in [2.75, 3.05) is 14.2 Å². The van der Waals surface area contributed by atoms with Crippen molar-refractivity contribution < 1.29 is 9.47 Å². The second-order valence-corrected chi connectivity index (χ2v) is 6.71. The van der Waals surface area contributed by atoms with Gasteiger partial charge in [0.05, 0.1) is 23.5 Å². The summed E-state index contributed by atoms with van der Waals surface area (Å²) in [6.45, 7) is 4.14. The van der Waals surface area contributed by atoms with Crippen LogP contribution in [0.1, 0.15) is 27.1 Å². The maximum atomic E-state index is 5.43. The van der Waals surface area contributed by atoms with E-state index in [0.717, 1.165) is 27.1 Å². The second kappa shape index (κ2) is 6.84. The van der Waals surface area contributed by atoms with Crippen LogP contribution in [0.3, 0.4) is 0 Å². The zero-order chi connectivity index (χ0) is 15.6. The maximum Gasteiger partial charge on any atom is 0.133 e. The highest BCUT2D eigenvalue weighted by molar-refractivity contribution is 9.10. The first-order valence-corrected chi connectivity index (χ1v) is 8.31. The smallest absolute Gasteiger partial charge is 0.133 e. The number of hydrogen-bond donors (Lipinski definition) is 0. The van der Waals surface area contributed by atoms with Crippen LogP contribution in [-0.4, -0.2) is 14.2 Å². The molecule has 0 amide bonds. The Labute approximate surface area is 142 Å². The van der Waals surface area contributed by atoms with Gasteiger partial charge >= 0.3 is 0 Å². The van der Waals surface area contributed by atoms with E-state index < -0.39 is 0 Å². The molecule has 0 heterocycles. The monoisotopic (exact) mass is 412 g/mol. The lowest BCUT2D eigenvalue weighted by Gasteiger charge is -2.16. The predicted octanol–water partition coefficient (Wildman–Crippen LogP) is 5.57. The average Bonchev–Trinajstić information content (AvgIpc) is 2.46. The minimum Gasteiger partial charge on any atom is -0.496 e. The molecule has 112 valence electrons. The molecule has 0 saturated heterocycles. The highest BCUT2D eigenvalue weighted by Crippen LogP contribution is 2.37. The molecule has 0 aliphatic carbocycles. The molecule has 4 heteroatoms. The van der Waals surface area contributed by atoms with Gasteiger partial charge in [-0.15, -0.1) is 0 Å². The molecule has 2 nitrogen and oxygen atoms in total. The van der Waals surface area contributed by atoms with Crippen molar-refractivity contribution in [3.63, 3.8) is 0 Å². The number of halogens is 2. The molecular formula is C17H18Br2O2. The van der Waals surface area contributed by atoms with Gasteiger partial charge in [-0.3, -0.25) is 0 Å². The van der Waals surface area contributed by atoms with Crippen molar-refractivity contribution in [1.29, 1.82) is 0 Å². The zero-order valence-electron chi connectivity index (χ0n) is 12.5. The van der Waals surface area contributed by atoms with E-state index in [2.05, 4.69) is 70.0 Å². The summed E-state index contributed by atoms with van der Waals surface area (Å²) in [5.74, 6) is 1.79. The summed E-state index contributed by atoms with van der Waals surface area (Å²) in [6.07, 6.45) is 0. The molecule has 0 aliphatic rings. The number of rotatable bonds is 4. The quantitative estimate of drug-likeness (QED) is 0.610. The van der Waals surface area contributed by atoms with Crippen LogP contribution < -0.4 is 9.47 Å².